The lowest BCUT2D eigenvalue weighted by molar-refractivity contribution is -0.253. The molecule has 1 heterocycles. The molecule has 0 radical (unpaired) electrons. The van der Waals surface area contributed by atoms with E-state index in [1.54, 1.807) is 30.3 Å². The highest BCUT2D eigenvalue weighted by Crippen LogP contribution is 2.37. The molecular weight excluding hydrogens is 599 g/mol. The molecule has 0 bridgehead atoms. The molecular formula is C27H23ClF7N3O4. The zero-order valence-electron chi connectivity index (χ0n) is 21.8. The van der Waals surface area contributed by atoms with Gasteiger partial charge in [-0.3, -0.25) is 4.98 Å². The predicted molar refractivity (Wildman–Crippen MR) is 136 cm³/mol. The molecule has 0 spiro atoms. The Hall–Kier alpha value is -4.07. The Bertz CT molecular complexity index is 1400. The highest BCUT2D eigenvalue weighted by Gasteiger charge is 2.48. The van der Waals surface area contributed by atoms with Crippen LogP contribution in [0.15, 0.2) is 66.9 Å². The van der Waals surface area contributed by atoms with Gasteiger partial charge in [-0.1, -0.05) is 41.9 Å². The predicted octanol–water partition coefficient (Wildman–Crippen LogP) is 6.09. The molecule has 226 valence electrons. The minimum absolute atomic E-state index is 0.0875. The van der Waals surface area contributed by atoms with Crippen molar-refractivity contribution in [3.8, 4) is 5.75 Å². The number of benzene rings is 2. The van der Waals surface area contributed by atoms with Crippen LogP contribution in [0.5, 0.6) is 5.75 Å². The first-order valence-electron chi connectivity index (χ1n) is 12.0. The number of hydrogen-bond acceptors (Lipinski definition) is 5. The van der Waals surface area contributed by atoms with E-state index in [4.69, 9.17) is 11.6 Å². The normalized spacial score (nSPS) is 14.1. The van der Waals surface area contributed by atoms with Gasteiger partial charge >= 0.3 is 30.5 Å². The maximum absolute atomic E-state index is 14.9. The number of urea groups is 1. The van der Waals surface area contributed by atoms with Crippen molar-refractivity contribution in [2.45, 2.75) is 43.4 Å². The highest BCUT2D eigenvalue weighted by atomic mass is 35.5. The van der Waals surface area contributed by atoms with E-state index in [-0.39, 0.29) is 22.7 Å². The van der Waals surface area contributed by atoms with Crippen molar-refractivity contribution in [3.63, 3.8) is 0 Å². The molecule has 7 nitrogen and oxygen atoms in total. The third kappa shape index (κ3) is 7.41. The number of nitrogens with one attached hydrogen (secondary N) is 2. The SMILES string of the molecule is COC(=O)C(F)(F)C(C)NC(=O)N[C@@](Cc1ccccc1)(c1cc(F)cc(OC(F)(F)C(F)F)c1)c1ccc(Cl)cn1. The average Bonchev–Trinajstić information content (AvgIpc) is 2.92. The van der Waals surface area contributed by atoms with E-state index in [0.29, 0.717) is 11.6 Å². The van der Waals surface area contributed by atoms with Crippen LogP contribution >= 0.6 is 11.6 Å². The van der Waals surface area contributed by atoms with Crippen LogP contribution in [0.3, 0.4) is 0 Å². The van der Waals surface area contributed by atoms with Crippen LogP contribution in [0.4, 0.5) is 35.5 Å². The Morgan fingerprint density at radius 2 is 1.69 bits per heavy atom. The number of rotatable bonds is 11. The molecule has 42 heavy (non-hydrogen) atoms. The van der Waals surface area contributed by atoms with Crippen molar-refractivity contribution < 1.29 is 49.8 Å². The number of ether oxygens (including phenoxy) is 2. The lowest BCUT2D eigenvalue weighted by Crippen LogP contribution is -2.58. The summed E-state index contributed by atoms with van der Waals surface area (Å²) in [6, 6.07) is 9.18. The molecule has 3 aromatic rings. The van der Waals surface area contributed by atoms with Crippen LogP contribution in [0.25, 0.3) is 0 Å². The van der Waals surface area contributed by atoms with Crippen molar-refractivity contribution in [2.24, 2.45) is 0 Å². The molecule has 0 fully saturated rings. The van der Waals surface area contributed by atoms with Crippen LogP contribution in [-0.2, 0) is 21.5 Å². The molecule has 1 unspecified atom stereocenters. The maximum Gasteiger partial charge on any atom is 0.461 e. The van der Waals surface area contributed by atoms with Crippen molar-refractivity contribution in [2.75, 3.05) is 7.11 Å². The fourth-order valence-electron chi connectivity index (χ4n) is 3.95. The number of halogens is 8. The van der Waals surface area contributed by atoms with Crippen molar-refractivity contribution in [1.29, 1.82) is 0 Å². The molecule has 0 saturated heterocycles. The summed E-state index contributed by atoms with van der Waals surface area (Å²) in [5.74, 6) is -8.37. The molecule has 0 aliphatic rings. The number of esters is 1. The van der Waals surface area contributed by atoms with Gasteiger partial charge < -0.3 is 20.1 Å². The molecule has 3 rings (SSSR count). The van der Waals surface area contributed by atoms with E-state index in [0.717, 1.165) is 32.4 Å². The summed E-state index contributed by atoms with van der Waals surface area (Å²) >= 11 is 5.97. The topological polar surface area (TPSA) is 89.5 Å². The zero-order valence-corrected chi connectivity index (χ0v) is 22.6. The zero-order chi connectivity index (χ0) is 31.3. The van der Waals surface area contributed by atoms with Crippen molar-refractivity contribution in [3.05, 3.63) is 94.5 Å². The van der Waals surface area contributed by atoms with Gasteiger partial charge in [0.05, 0.1) is 17.8 Å². The van der Waals surface area contributed by atoms with Crippen molar-refractivity contribution >= 4 is 23.6 Å². The molecule has 2 amide bonds. The Labute approximate surface area is 240 Å². The number of carbonyl (C=O) groups is 2. The first-order chi connectivity index (χ1) is 19.6. The summed E-state index contributed by atoms with van der Waals surface area (Å²) in [5, 5.41) is 4.47. The second-order valence-corrected chi connectivity index (χ2v) is 9.44. The van der Waals surface area contributed by atoms with Crippen LogP contribution in [-0.4, -0.2) is 48.6 Å². The molecule has 2 N–H and O–H groups in total. The second-order valence-electron chi connectivity index (χ2n) is 9.00. The third-order valence-electron chi connectivity index (χ3n) is 6.02. The largest absolute Gasteiger partial charge is 0.465 e. The maximum atomic E-state index is 14.9. The summed E-state index contributed by atoms with van der Waals surface area (Å²) in [6.07, 6.45) is -8.43. The molecule has 1 aromatic heterocycles. The smallest absolute Gasteiger partial charge is 0.461 e. The second kappa shape index (κ2) is 12.8. The Morgan fingerprint density at radius 3 is 2.26 bits per heavy atom. The lowest BCUT2D eigenvalue weighted by atomic mass is 9.80. The number of aromatic nitrogens is 1. The fourth-order valence-corrected chi connectivity index (χ4v) is 4.06. The van der Waals surface area contributed by atoms with E-state index in [1.807, 2.05) is 5.32 Å². The highest BCUT2D eigenvalue weighted by molar-refractivity contribution is 6.30. The van der Waals surface area contributed by atoms with Gasteiger partial charge in [-0.15, -0.1) is 0 Å². The van der Waals surface area contributed by atoms with E-state index in [2.05, 4.69) is 19.8 Å². The first-order valence-corrected chi connectivity index (χ1v) is 12.4. The number of nitrogens with zero attached hydrogens (tertiary/aromatic N) is 1. The Balaban J connectivity index is 2.21. The van der Waals surface area contributed by atoms with Gasteiger partial charge in [-0.05, 0) is 42.3 Å². The third-order valence-corrected chi connectivity index (χ3v) is 6.25. The van der Waals surface area contributed by atoms with Crippen LogP contribution in [0.1, 0.15) is 23.7 Å². The fraction of sp³-hybridized carbons (Fsp3) is 0.296. The van der Waals surface area contributed by atoms with Gasteiger partial charge in [0.1, 0.15) is 23.1 Å². The number of hydrogen-bond donors (Lipinski definition) is 2. The number of carbonyl (C=O) groups excluding carboxylic acids is 2. The number of methoxy groups -OCH3 is 1. The quantitative estimate of drug-likeness (QED) is 0.200. The first kappa shape index (κ1) is 32.4. The van der Waals surface area contributed by atoms with Gasteiger partial charge in [-0.25, -0.2) is 14.0 Å². The summed E-state index contributed by atoms with van der Waals surface area (Å²) < 4.78 is 105. The summed E-state index contributed by atoms with van der Waals surface area (Å²) in [4.78, 5) is 29.0. The van der Waals surface area contributed by atoms with Gasteiger partial charge in [0.2, 0.25) is 0 Å². The Kier molecular flexibility index (Phi) is 9.92. The average molecular weight is 622 g/mol. The molecule has 0 aliphatic carbocycles. The molecule has 2 aromatic carbocycles. The van der Waals surface area contributed by atoms with Gasteiger partial charge in [-0.2, -0.15) is 26.3 Å². The van der Waals surface area contributed by atoms with E-state index >= 15 is 0 Å². The molecule has 0 aliphatic heterocycles. The Morgan fingerprint density at radius 1 is 1.02 bits per heavy atom. The molecule has 0 saturated carbocycles. The van der Waals surface area contributed by atoms with Gasteiger partial charge in [0.15, 0.2) is 0 Å². The van der Waals surface area contributed by atoms with E-state index < -0.39 is 53.6 Å². The van der Waals surface area contributed by atoms with Gasteiger partial charge in [0, 0.05) is 18.7 Å². The molecule has 2 atom stereocenters. The van der Waals surface area contributed by atoms with Crippen LogP contribution < -0.4 is 15.4 Å². The standard InChI is InChI=1S/C27H23ClF7N3O4/c1-15(26(32,33)23(39)41-2)37-24(40)38-25(13-16-6-4-3-5-7-16,21-9-8-18(28)14-36-21)17-10-19(29)12-20(11-17)42-27(34,35)22(30)31/h3-12,14-15,22H,13H2,1-2H3,(H2,37,38,40)/t15?,25-/m0/s1. The summed E-state index contributed by atoms with van der Waals surface area (Å²) in [5.41, 5.74) is -2.03. The number of pyridine rings is 1. The summed E-state index contributed by atoms with van der Waals surface area (Å²) in [6.45, 7) is 0.816. The van der Waals surface area contributed by atoms with Gasteiger partial charge in [0.25, 0.3) is 0 Å². The van der Waals surface area contributed by atoms with Crippen LogP contribution in [0, 0.1) is 5.82 Å². The van der Waals surface area contributed by atoms with Crippen LogP contribution in [0.2, 0.25) is 5.02 Å². The number of alkyl halides is 6. The van der Waals surface area contributed by atoms with E-state index in [9.17, 15) is 40.3 Å². The van der Waals surface area contributed by atoms with E-state index in [1.165, 1.54) is 12.1 Å². The minimum atomic E-state index is -5.01. The summed E-state index contributed by atoms with van der Waals surface area (Å²) in [7, 11) is 0.724. The lowest BCUT2D eigenvalue weighted by Gasteiger charge is -2.36. The number of amides is 2. The monoisotopic (exact) mass is 621 g/mol. The minimum Gasteiger partial charge on any atom is -0.465 e. The van der Waals surface area contributed by atoms with Crippen molar-refractivity contribution in [1.82, 2.24) is 15.6 Å². The molecule has 15 heteroatoms.